The number of thiazole rings is 1. The molecule has 0 bridgehead atoms. The van der Waals surface area contributed by atoms with Crippen molar-refractivity contribution in [3.05, 3.63) is 46.8 Å². The Kier molecular flexibility index (Phi) is 5.16. The predicted octanol–water partition coefficient (Wildman–Crippen LogP) is 4.35. The molecule has 6 heteroatoms. The third kappa shape index (κ3) is 3.76. The Morgan fingerprint density at radius 1 is 1.25 bits per heavy atom. The van der Waals surface area contributed by atoms with Gasteiger partial charge in [0, 0.05) is 20.6 Å². The highest BCUT2D eigenvalue weighted by Crippen LogP contribution is 2.33. The molecule has 1 amide bonds. The summed E-state index contributed by atoms with van der Waals surface area (Å²) < 4.78 is 1.08. The van der Waals surface area contributed by atoms with Gasteiger partial charge < -0.3 is 10.2 Å². The van der Waals surface area contributed by atoms with E-state index in [9.17, 15) is 4.79 Å². The minimum atomic E-state index is -0.00290. The van der Waals surface area contributed by atoms with E-state index < -0.39 is 0 Å². The molecule has 1 unspecified atom stereocenters. The summed E-state index contributed by atoms with van der Waals surface area (Å²) in [6.45, 7) is 2.87. The molecule has 4 nitrogen and oxygen atoms in total. The van der Waals surface area contributed by atoms with Crippen LogP contribution in [0.1, 0.15) is 34.5 Å². The van der Waals surface area contributed by atoms with Gasteiger partial charge in [-0.15, -0.1) is 11.3 Å². The van der Waals surface area contributed by atoms with Crippen molar-refractivity contribution >= 4 is 43.2 Å². The van der Waals surface area contributed by atoms with E-state index in [4.69, 9.17) is 0 Å². The molecule has 2 heterocycles. The zero-order valence-electron chi connectivity index (χ0n) is 14.1. The van der Waals surface area contributed by atoms with Crippen LogP contribution in [-0.2, 0) is 0 Å². The number of nitrogens with one attached hydrogen (secondary N) is 1. The normalized spacial score (nSPS) is 12.3. The van der Waals surface area contributed by atoms with Crippen LogP contribution in [0.3, 0.4) is 0 Å². The second-order valence-corrected chi connectivity index (χ2v) is 8.07. The summed E-state index contributed by atoms with van der Waals surface area (Å²) >= 11 is 3.07. The summed E-state index contributed by atoms with van der Waals surface area (Å²) in [6.07, 6.45) is 0.929. The molecule has 1 atom stereocenters. The molecule has 2 aromatic heterocycles. The van der Waals surface area contributed by atoms with E-state index >= 15 is 0 Å². The van der Waals surface area contributed by atoms with Gasteiger partial charge in [-0.25, -0.2) is 4.98 Å². The summed E-state index contributed by atoms with van der Waals surface area (Å²) in [6, 6.07) is 12.3. The maximum absolute atomic E-state index is 12.3. The number of benzene rings is 1. The summed E-state index contributed by atoms with van der Waals surface area (Å²) in [4.78, 5) is 20.5. The number of rotatable bonds is 6. The number of hydrogen-bond donors (Lipinski definition) is 1. The number of nitrogens with zero attached hydrogens (tertiary/aromatic N) is 2. The van der Waals surface area contributed by atoms with Crippen LogP contribution >= 0.6 is 22.7 Å². The zero-order valence-corrected chi connectivity index (χ0v) is 15.7. The van der Waals surface area contributed by atoms with Crippen molar-refractivity contribution in [2.45, 2.75) is 19.3 Å². The fourth-order valence-corrected chi connectivity index (χ4v) is 4.51. The van der Waals surface area contributed by atoms with Crippen LogP contribution in [-0.4, -0.2) is 31.5 Å². The van der Waals surface area contributed by atoms with Crippen LogP contribution in [0.25, 0.3) is 9.53 Å². The van der Waals surface area contributed by atoms with Crippen molar-refractivity contribution in [3.8, 4) is 0 Å². The van der Waals surface area contributed by atoms with Crippen LogP contribution in [0.2, 0.25) is 0 Å². The first-order valence-corrected chi connectivity index (χ1v) is 9.58. The molecule has 0 aliphatic heterocycles. The molecule has 3 rings (SSSR count). The van der Waals surface area contributed by atoms with E-state index in [-0.39, 0.29) is 5.91 Å². The second-order valence-electron chi connectivity index (χ2n) is 6.03. The SMILES string of the molecule is CC(CCNC(=O)c1cc2sc(N(C)C)nc2s1)c1ccccc1. The maximum atomic E-state index is 12.3. The number of carbonyl (C=O) groups excluding carboxylic acids is 1. The van der Waals surface area contributed by atoms with Gasteiger partial charge >= 0.3 is 0 Å². The van der Waals surface area contributed by atoms with Crippen molar-refractivity contribution in [1.82, 2.24) is 10.3 Å². The number of aromatic nitrogens is 1. The van der Waals surface area contributed by atoms with Crippen molar-refractivity contribution in [3.63, 3.8) is 0 Å². The van der Waals surface area contributed by atoms with Crippen molar-refractivity contribution in [1.29, 1.82) is 0 Å². The van der Waals surface area contributed by atoms with Crippen molar-refractivity contribution in [2.24, 2.45) is 0 Å². The first kappa shape index (κ1) is 16.9. The molecule has 0 aliphatic carbocycles. The van der Waals surface area contributed by atoms with Crippen LogP contribution < -0.4 is 10.2 Å². The molecular formula is C18H21N3OS2. The Morgan fingerprint density at radius 2 is 2.00 bits per heavy atom. The zero-order chi connectivity index (χ0) is 17.1. The van der Waals surface area contributed by atoms with Crippen LogP contribution in [0.4, 0.5) is 5.13 Å². The number of hydrogen-bond acceptors (Lipinski definition) is 5. The highest BCUT2D eigenvalue weighted by molar-refractivity contribution is 7.29. The summed E-state index contributed by atoms with van der Waals surface area (Å²) in [5.41, 5.74) is 1.31. The van der Waals surface area contributed by atoms with Crippen molar-refractivity contribution < 1.29 is 4.79 Å². The molecule has 24 heavy (non-hydrogen) atoms. The molecule has 0 fully saturated rings. The second kappa shape index (κ2) is 7.32. The Hall–Kier alpha value is -1.92. The standard InChI is InChI=1S/C18H21N3OS2/c1-12(13-7-5-4-6-8-13)9-10-19-16(22)14-11-15-17(23-14)20-18(24-15)21(2)3/h4-8,11-12H,9-10H2,1-3H3,(H,19,22). The highest BCUT2D eigenvalue weighted by Gasteiger charge is 2.15. The van der Waals surface area contributed by atoms with Gasteiger partial charge in [-0.3, -0.25) is 4.79 Å². The number of amides is 1. The van der Waals surface area contributed by atoms with E-state index in [1.54, 1.807) is 11.3 Å². The molecule has 126 valence electrons. The minimum absolute atomic E-state index is 0.00290. The van der Waals surface area contributed by atoms with Gasteiger partial charge in [0.2, 0.25) is 0 Å². The molecule has 3 aromatic rings. The van der Waals surface area contributed by atoms with Crippen LogP contribution in [0.5, 0.6) is 0 Å². The van der Waals surface area contributed by atoms with Crippen LogP contribution in [0.15, 0.2) is 36.4 Å². The van der Waals surface area contributed by atoms with Gasteiger partial charge in [-0.05, 0) is 24.0 Å². The average Bonchev–Trinajstić information content (AvgIpc) is 3.14. The molecule has 0 radical (unpaired) electrons. The lowest BCUT2D eigenvalue weighted by Gasteiger charge is -2.12. The molecule has 0 aliphatic rings. The Balaban J connectivity index is 1.56. The van der Waals surface area contributed by atoms with Crippen LogP contribution in [0, 0.1) is 0 Å². The lowest BCUT2D eigenvalue weighted by Crippen LogP contribution is -2.24. The van der Waals surface area contributed by atoms with Gasteiger partial charge in [-0.2, -0.15) is 0 Å². The molecular weight excluding hydrogens is 338 g/mol. The summed E-state index contributed by atoms with van der Waals surface area (Å²) in [7, 11) is 3.95. The molecule has 1 N–H and O–H groups in total. The van der Waals surface area contributed by atoms with E-state index in [0.717, 1.165) is 26.0 Å². The topological polar surface area (TPSA) is 45.2 Å². The number of carbonyl (C=O) groups is 1. The fourth-order valence-electron chi connectivity index (χ4n) is 2.46. The predicted molar refractivity (Wildman–Crippen MR) is 104 cm³/mol. The third-order valence-electron chi connectivity index (χ3n) is 3.92. The quantitative estimate of drug-likeness (QED) is 0.712. The maximum Gasteiger partial charge on any atom is 0.261 e. The fraction of sp³-hybridized carbons (Fsp3) is 0.333. The highest BCUT2D eigenvalue weighted by atomic mass is 32.1. The average molecular weight is 360 g/mol. The van der Waals surface area contributed by atoms with E-state index in [0.29, 0.717) is 12.5 Å². The third-order valence-corrected chi connectivity index (χ3v) is 6.24. The van der Waals surface area contributed by atoms with E-state index in [1.165, 1.54) is 16.9 Å². The smallest absolute Gasteiger partial charge is 0.261 e. The Bertz CT molecular complexity index is 792. The van der Waals surface area contributed by atoms with Gasteiger partial charge in [0.15, 0.2) is 5.13 Å². The Labute approximate surface area is 150 Å². The van der Waals surface area contributed by atoms with Gasteiger partial charge in [0.1, 0.15) is 4.83 Å². The first-order valence-electron chi connectivity index (χ1n) is 7.95. The molecule has 1 aromatic carbocycles. The Morgan fingerprint density at radius 3 is 2.67 bits per heavy atom. The summed E-state index contributed by atoms with van der Waals surface area (Å²) in [5.74, 6) is 0.430. The number of thiophene rings is 1. The molecule has 0 spiro atoms. The lowest BCUT2D eigenvalue weighted by molar-refractivity contribution is 0.0957. The van der Waals surface area contributed by atoms with Gasteiger partial charge in [-0.1, -0.05) is 48.6 Å². The molecule has 0 saturated carbocycles. The monoisotopic (exact) mass is 359 g/mol. The first-order chi connectivity index (χ1) is 11.5. The lowest BCUT2D eigenvalue weighted by atomic mass is 9.98. The number of fused-ring (bicyclic) bond motifs is 1. The number of anilines is 1. The summed E-state index contributed by atoms with van der Waals surface area (Å²) in [5, 5.41) is 4.00. The van der Waals surface area contributed by atoms with Gasteiger partial charge in [0.05, 0.1) is 9.58 Å². The van der Waals surface area contributed by atoms with Crippen molar-refractivity contribution in [2.75, 3.05) is 25.5 Å². The molecule has 0 saturated heterocycles. The largest absolute Gasteiger partial charge is 0.354 e. The van der Waals surface area contributed by atoms with E-state index in [1.807, 2.05) is 31.1 Å². The van der Waals surface area contributed by atoms with Gasteiger partial charge in [0.25, 0.3) is 5.91 Å². The van der Waals surface area contributed by atoms with E-state index in [2.05, 4.69) is 41.5 Å². The minimum Gasteiger partial charge on any atom is -0.354 e.